The molecule has 4 heteroatoms. The zero-order valence-electron chi connectivity index (χ0n) is 11.8. The minimum absolute atomic E-state index is 0.204. The van der Waals surface area contributed by atoms with E-state index in [4.69, 9.17) is 5.11 Å². The summed E-state index contributed by atoms with van der Waals surface area (Å²) in [6.07, 6.45) is 1.30. The lowest BCUT2D eigenvalue weighted by molar-refractivity contribution is -0.147. The van der Waals surface area contributed by atoms with Gasteiger partial charge in [0.1, 0.15) is 5.82 Å². The van der Waals surface area contributed by atoms with E-state index in [0.717, 1.165) is 12.0 Å². The van der Waals surface area contributed by atoms with Crippen LogP contribution in [0.15, 0.2) is 18.2 Å². The van der Waals surface area contributed by atoms with E-state index in [0.29, 0.717) is 25.1 Å². The van der Waals surface area contributed by atoms with Crippen LogP contribution in [0, 0.1) is 11.2 Å². The van der Waals surface area contributed by atoms with Crippen LogP contribution in [0.3, 0.4) is 0 Å². The smallest absolute Gasteiger partial charge is 0.309 e. The first-order chi connectivity index (χ1) is 8.88. The molecular weight excluding hydrogens is 245 g/mol. The molecule has 1 rings (SSSR count). The summed E-state index contributed by atoms with van der Waals surface area (Å²) in [6.45, 7) is 6.36. The van der Waals surface area contributed by atoms with Crippen LogP contribution < -0.4 is 5.32 Å². The highest BCUT2D eigenvalue weighted by atomic mass is 19.1. The van der Waals surface area contributed by atoms with E-state index in [-0.39, 0.29) is 5.82 Å². The first kappa shape index (κ1) is 15.6. The van der Waals surface area contributed by atoms with Gasteiger partial charge in [-0.3, -0.25) is 4.79 Å². The van der Waals surface area contributed by atoms with Crippen LogP contribution in [0.5, 0.6) is 0 Å². The number of nitrogens with one attached hydrogen (secondary N) is 1. The maximum atomic E-state index is 13.7. The van der Waals surface area contributed by atoms with Gasteiger partial charge in [0, 0.05) is 12.1 Å². The third-order valence-corrected chi connectivity index (χ3v) is 3.40. The van der Waals surface area contributed by atoms with Crippen molar-refractivity contribution in [3.8, 4) is 0 Å². The van der Waals surface area contributed by atoms with E-state index in [9.17, 15) is 9.18 Å². The fourth-order valence-electron chi connectivity index (χ4n) is 1.85. The molecule has 0 aliphatic carbocycles. The molecule has 0 fully saturated rings. The Morgan fingerprint density at radius 2 is 2.11 bits per heavy atom. The number of aliphatic carboxylic acids is 1. The molecule has 3 nitrogen and oxygen atoms in total. The Morgan fingerprint density at radius 1 is 1.42 bits per heavy atom. The van der Waals surface area contributed by atoms with Crippen molar-refractivity contribution in [1.82, 2.24) is 5.32 Å². The monoisotopic (exact) mass is 267 g/mol. The summed E-state index contributed by atoms with van der Waals surface area (Å²) in [5.41, 5.74) is 0.915. The van der Waals surface area contributed by atoms with Crippen LogP contribution in [0.25, 0.3) is 0 Å². The highest BCUT2D eigenvalue weighted by molar-refractivity contribution is 5.73. The molecule has 0 aliphatic rings. The average molecular weight is 267 g/mol. The van der Waals surface area contributed by atoms with Gasteiger partial charge in [0.15, 0.2) is 0 Å². The molecule has 1 aromatic carbocycles. The van der Waals surface area contributed by atoms with Crippen molar-refractivity contribution in [2.24, 2.45) is 5.41 Å². The number of hydrogen-bond donors (Lipinski definition) is 2. The lowest BCUT2D eigenvalue weighted by atomic mass is 9.89. The van der Waals surface area contributed by atoms with Gasteiger partial charge in [-0.1, -0.05) is 19.1 Å². The molecule has 0 radical (unpaired) electrons. The average Bonchev–Trinajstić information content (AvgIpc) is 2.35. The number of hydrogen-bond acceptors (Lipinski definition) is 2. The number of rotatable bonds is 7. The van der Waals surface area contributed by atoms with Crippen LogP contribution in [-0.2, 0) is 17.8 Å². The topological polar surface area (TPSA) is 49.3 Å². The molecule has 0 aliphatic heterocycles. The highest BCUT2D eigenvalue weighted by Gasteiger charge is 2.26. The maximum Gasteiger partial charge on any atom is 0.309 e. The largest absolute Gasteiger partial charge is 0.481 e. The maximum absolute atomic E-state index is 13.7. The molecule has 0 saturated heterocycles. The van der Waals surface area contributed by atoms with Gasteiger partial charge in [0.2, 0.25) is 0 Å². The summed E-state index contributed by atoms with van der Waals surface area (Å²) >= 11 is 0. The standard InChI is InChI=1S/C15H22FNO2/c1-4-11-6-5-7-13(16)12(11)10-17-9-8-15(2,3)14(18)19/h5-7,17H,4,8-10H2,1-3H3,(H,18,19). The van der Waals surface area contributed by atoms with Crippen molar-refractivity contribution in [2.45, 2.75) is 40.2 Å². The number of carboxylic acids is 1. The second-order valence-electron chi connectivity index (χ2n) is 5.35. The zero-order chi connectivity index (χ0) is 14.5. The zero-order valence-corrected chi connectivity index (χ0v) is 11.8. The van der Waals surface area contributed by atoms with E-state index in [2.05, 4.69) is 5.32 Å². The number of halogens is 1. The third-order valence-electron chi connectivity index (χ3n) is 3.40. The Balaban J connectivity index is 2.53. The Hall–Kier alpha value is -1.42. The predicted molar refractivity (Wildman–Crippen MR) is 73.5 cm³/mol. The summed E-state index contributed by atoms with van der Waals surface area (Å²) in [5.74, 6) is -1.02. The van der Waals surface area contributed by atoms with Gasteiger partial charge < -0.3 is 10.4 Å². The molecule has 0 aromatic heterocycles. The van der Waals surface area contributed by atoms with Crippen LogP contribution in [0.1, 0.15) is 38.3 Å². The Morgan fingerprint density at radius 3 is 2.68 bits per heavy atom. The van der Waals surface area contributed by atoms with Gasteiger partial charge >= 0.3 is 5.97 Å². The summed E-state index contributed by atoms with van der Waals surface area (Å²) < 4.78 is 13.7. The van der Waals surface area contributed by atoms with Crippen molar-refractivity contribution in [3.63, 3.8) is 0 Å². The number of carbonyl (C=O) groups is 1. The van der Waals surface area contributed by atoms with E-state index in [1.807, 2.05) is 13.0 Å². The highest BCUT2D eigenvalue weighted by Crippen LogP contribution is 2.20. The minimum atomic E-state index is -0.811. The number of carboxylic acid groups (broad SMARTS) is 1. The second kappa shape index (κ2) is 6.66. The molecule has 0 atom stereocenters. The van der Waals surface area contributed by atoms with Crippen molar-refractivity contribution in [1.29, 1.82) is 0 Å². The Kier molecular flexibility index (Phi) is 5.48. The Labute approximate surface area is 113 Å². The fraction of sp³-hybridized carbons (Fsp3) is 0.533. The van der Waals surface area contributed by atoms with Crippen LogP contribution >= 0.6 is 0 Å². The van der Waals surface area contributed by atoms with Crippen molar-refractivity contribution in [2.75, 3.05) is 6.54 Å². The SMILES string of the molecule is CCc1cccc(F)c1CNCCC(C)(C)C(=O)O. The molecular formula is C15H22FNO2. The van der Waals surface area contributed by atoms with Crippen LogP contribution in [0.4, 0.5) is 4.39 Å². The van der Waals surface area contributed by atoms with Crippen molar-refractivity contribution >= 4 is 5.97 Å². The molecule has 19 heavy (non-hydrogen) atoms. The lowest BCUT2D eigenvalue weighted by Gasteiger charge is -2.19. The van der Waals surface area contributed by atoms with Gasteiger partial charge in [0.25, 0.3) is 0 Å². The molecule has 1 aromatic rings. The molecule has 0 heterocycles. The summed E-state index contributed by atoms with van der Waals surface area (Å²) in [5, 5.41) is 12.1. The third kappa shape index (κ3) is 4.31. The van der Waals surface area contributed by atoms with E-state index in [1.54, 1.807) is 19.9 Å². The molecule has 0 saturated carbocycles. The van der Waals surface area contributed by atoms with E-state index < -0.39 is 11.4 Å². The first-order valence-corrected chi connectivity index (χ1v) is 6.59. The van der Waals surface area contributed by atoms with Crippen molar-refractivity contribution in [3.05, 3.63) is 35.1 Å². The first-order valence-electron chi connectivity index (χ1n) is 6.59. The molecule has 0 bridgehead atoms. The summed E-state index contributed by atoms with van der Waals surface area (Å²) in [4.78, 5) is 11.0. The lowest BCUT2D eigenvalue weighted by Crippen LogP contribution is -2.29. The predicted octanol–water partition coefficient (Wildman–Crippen LogP) is 2.98. The van der Waals surface area contributed by atoms with Gasteiger partial charge in [0.05, 0.1) is 5.41 Å². The molecule has 106 valence electrons. The van der Waals surface area contributed by atoms with E-state index in [1.165, 1.54) is 6.07 Å². The molecule has 0 unspecified atom stereocenters. The van der Waals surface area contributed by atoms with Gasteiger partial charge in [-0.05, 0) is 44.9 Å². The minimum Gasteiger partial charge on any atom is -0.481 e. The molecule has 2 N–H and O–H groups in total. The number of aryl methyl sites for hydroxylation is 1. The normalized spacial score (nSPS) is 11.6. The second-order valence-corrected chi connectivity index (χ2v) is 5.35. The summed E-state index contributed by atoms with van der Waals surface area (Å²) in [6, 6.07) is 5.09. The summed E-state index contributed by atoms with van der Waals surface area (Å²) in [7, 11) is 0. The van der Waals surface area contributed by atoms with Gasteiger partial charge in [-0.2, -0.15) is 0 Å². The van der Waals surface area contributed by atoms with Gasteiger partial charge in [-0.25, -0.2) is 4.39 Å². The quantitative estimate of drug-likeness (QED) is 0.747. The van der Waals surface area contributed by atoms with E-state index >= 15 is 0 Å². The van der Waals surface area contributed by atoms with Crippen molar-refractivity contribution < 1.29 is 14.3 Å². The fourth-order valence-corrected chi connectivity index (χ4v) is 1.85. The Bertz CT molecular complexity index is 444. The van der Waals surface area contributed by atoms with Crippen LogP contribution in [-0.4, -0.2) is 17.6 Å². The molecule has 0 spiro atoms. The number of benzene rings is 1. The van der Waals surface area contributed by atoms with Crippen LogP contribution in [0.2, 0.25) is 0 Å². The van der Waals surface area contributed by atoms with Gasteiger partial charge in [-0.15, -0.1) is 0 Å². The molecule has 0 amide bonds.